The molecule has 1 saturated heterocycles. The summed E-state index contributed by atoms with van der Waals surface area (Å²) in [7, 11) is 0. The zero-order valence-corrected chi connectivity index (χ0v) is 5.23. The summed E-state index contributed by atoms with van der Waals surface area (Å²) in [4.78, 5) is 10.6. The van der Waals surface area contributed by atoms with Gasteiger partial charge in [-0.15, -0.1) is 0 Å². The van der Waals surface area contributed by atoms with Gasteiger partial charge in [0.05, 0.1) is 11.5 Å². The first-order valence-electron chi connectivity index (χ1n) is 2.88. The molecular weight excluding hydrogens is 138 g/mol. The Bertz CT molecular complexity index is 179. The summed E-state index contributed by atoms with van der Waals surface area (Å²) in [6.07, 6.45) is 1.00. The Hall–Kier alpha value is -1.33. The number of nitrogens with zero attached hydrogens (tertiary/aromatic N) is 3. The van der Waals surface area contributed by atoms with E-state index in [1.807, 2.05) is 0 Å². The fourth-order valence-electron chi connectivity index (χ4n) is 0.863. The van der Waals surface area contributed by atoms with Gasteiger partial charge >= 0.3 is 0 Å². The van der Waals surface area contributed by atoms with Crippen LogP contribution in [0.4, 0.5) is 0 Å². The quantitative estimate of drug-likeness (QED) is 0.317. The molecule has 0 aromatic rings. The number of carbonyl (C=O) groups is 1. The number of carbonyl (C=O) groups excluding carboxylic acids is 1. The largest absolute Gasteiger partial charge is 0.568 e. The third-order valence-electron chi connectivity index (χ3n) is 1.33. The van der Waals surface area contributed by atoms with Crippen LogP contribution in [0.5, 0.6) is 0 Å². The lowest BCUT2D eigenvalue weighted by atomic mass is 10.4. The van der Waals surface area contributed by atoms with Crippen molar-refractivity contribution in [1.29, 1.82) is 0 Å². The molecule has 56 valence electrons. The van der Waals surface area contributed by atoms with Crippen LogP contribution in [0.15, 0.2) is 5.28 Å². The van der Waals surface area contributed by atoms with Crippen LogP contribution in [-0.2, 0) is 4.79 Å². The number of hydrazine groups is 1. The Morgan fingerprint density at radius 2 is 2.50 bits per heavy atom. The van der Waals surface area contributed by atoms with Gasteiger partial charge in [0.15, 0.2) is 0 Å². The Morgan fingerprint density at radius 3 is 2.90 bits per heavy atom. The first-order chi connectivity index (χ1) is 4.75. The SMILES string of the molecule is O=C1CCCN1[N+]([O-])=NO. The van der Waals surface area contributed by atoms with Gasteiger partial charge in [-0.1, -0.05) is 5.01 Å². The molecule has 0 aromatic carbocycles. The van der Waals surface area contributed by atoms with Crippen LogP contribution in [0, 0.1) is 5.21 Å². The molecule has 1 amide bonds. The normalized spacial score (nSPS) is 20.2. The predicted molar refractivity (Wildman–Crippen MR) is 28.8 cm³/mol. The van der Waals surface area contributed by atoms with Crippen LogP contribution >= 0.6 is 0 Å². The summed E-state index contributed by atoms with van der Waals surface area (Å²) in [6.45, 7) is 0.340. The molecule has 0 spiro atoms. The van der Waals surface area contributed by atoms with Crippen molar-refractivity contribution in [2.45, 2.75) is 12.8 Å². The smallest absolute Gasteiger partial charge is 0.281 e. The zero-order chi connectivity index (χ0) is 7.56. The van der Waals surface area contributed by atoms with Crippen LogP contribution in [0.1, 0.15) is 12.8 Å². The molecule has 1 N–H and O–H groups in total. The van der Waals surface area contributed by atoms with Crippen molar-refractivity contribution in [2.24, 2.45) is 5.28 Å². The maximum atomic E-state index is 10.7. The third-order valence-corrected chi connectivity index (χ3v) is 1.33. The number of rotatable bonds is 1. The molecule has 0 radical (unpaired) electrons. The molecule has 1 rings (SSSR count). The molecule has 0 unspecified atom stereocenters. The second-order valence-corrected chi connectivity index (χ2v) is 1.96. The van der Waals surface area contributed by atoms with Crippen LogP contribution in [0.2, 0.25) is 0 Å². The highest BCUT2D eigenvalue weighted by molar-refractivity contribution is 5.76. The maximum absolute atomic E-state index is 10.7. The molecule has 1 heterocycles. The molecule has 1 aliphatic heterocycles. The van der Waals surface area contributed by atoms with E-state index < -0.39 is 0 Å². The lowest BCUT2D eigenvalue weighted by Gasteiger charge is -2.06. The Balaban J connectivity index is 2.64. The van der Waals surface area contributed by atoms with Gasteiger partial charge in [0.25, 0.3) is 5.91 Å². The lowest BCUT2D eigenvalue weighted by Crippen LogP contribution is -2.31. The lowest BCUT2D eigenvalue weighted by molar-refractivity contribution is -0.688. The van der Waals surface area contributed by atoms with E-state index in [0.717, 1.165) is 5.01 Å². The topological polar surface area (TPSA) is 79.0 Å². The van der Waals surface area contributed by atoms with Gasteiger partial charge < -0.3 is 10.4 Å². The van der Waals surface area contributed by atoms with Crippen molar-refractivity contribution in [2.75, 3.05) is 6.54 Å². The van der Waals surface area contributed by atoms with Gasteiger partial charge in [-0.2, -0.15) is 0 Å². The minimum Gasteiger partial charge on any atom is -0.568 e. The highest BCUT2D eigenvalue weighted by Gasteiger charge is 2.28. The maximum Gasteiger partial charge on any atom is 0.281 e. The fourth-order valence-corrected chi connectivity index (χ4v) is 0.863. The predicted octanol–water partition coefficient (Wildman–Crippen LogP) is -0.124. The Kier molecular flexibility index (Phi) is 1.70. The number of hydrogen-bond donors (Lipinski definition) is 1. The molecule has 0 saturated carbocycles. The highest BCUT2D eigenvalue weighted by Crippen LogP contribution is 2.08. The van der Waals surface area contributed by atoms with Crippen LogP contribution in [0.25, 0.3) is 0 Å². The second-order valence-electron chi connectivity index (χ2n) is 1.96. The van der Waals surface area contributed by atoms with Crippen molar-refractivity contribution < 1.29 is 15.0 Å². The average molecular weight is 145 g/mol. The van der Waals surface area contributed by atoms with Crippen molar-refractivity contribution >= 4 is 5.91 Å². The van der Waals surface area contributed by atoms with Gasteiger partial charge in [0, 0.05) is 6.42 Å². The van der Waals surface area contributed by atoms with E-state index in [9.17, 15) is 10.0 Å². The summed E-state index contributed by atoms with van der Waals surface area (Å²) in [5.74, 6) is -0.298. The van der Waals surface area contributed by atoms with Crippen molar-refractivity contribution in [3.05, 3.63) is 5.21 Å². The van der Waals surface area contributed by atoms with E-state index in [0.29, 0.717) is 19.4 Å². The van der Waals surface area contributed by atoms with Crippen molar-refractivity contribution in [3.63, 3.8) is 0 Å². The van der Waals surface area contributed by atoms with E-state index in [2.05, 4.69) is 5.28 Å². The van der Waals surface area contributed by atoms with Crippen LogP contribution < -0.4 is 0 Å². The Labute approximate surface area is 56.9 Å². The van der Waals surface area contributed by atoms with E-state index in [-0.39, 0.29) is 10.9 Å². The minimum atomic E-state index is -0.298. The molecule has 0 aliphatic carbocycles. The molecule has 6 nitrogen and oxygen atoms in total. The molecule has 1 aliphatic rings. The third kappa shape index (κ3) is 0.996. The van der Waals surface area contributed by atoms with E-state index in [4.69, 9.17) is 5.21 Å². The number of amides is 1. The average Bonchev–Trinajstić information content (AvgIpc) is 2.34. The molecular formula is C4H7N3O3. The van der Waals surface area contributed by atoms with E-state index >= 15 is 0 Å². The summed E-state index contributed by atoms with van der Waals surface area (Å²) < 4.78 is 0. The molecule has 0 bridgehead atoms. The van der Waals surface area contributed by atoms with Crippen molar-refractivity contribution in [3.8, 4) is 0 Å². The first-order valence-corrected chi connectivity index (χ1v) is 2.88. The summed E-state index contributed by atoms with van der Waals surface area (Å²) in [5, 5.41) is 21.5. The minimum absolute atomic E-state index is 0.102. The van der Waals surface area contributed by atoms with Gasteiger partial charge in [0.2, 0.25) is 5.28 Å². The number of hydrogen-bond acceptors (Lipinski definition) is 3. The summed E-state index contributed by atoms with van der Waals surface area (Å²) >= 11 is 0. The van der Waals surface area contributed by atoms with Crippen LogP contribution in [-0.4, -0.2) is 27.6 Å². The van der Waals surface area contributed by atoms with Crippen molar-refractivity contribution in [1.82, 2.24) is 5.01 Å². The monoisotopic (exact) mass is 145 g/mol. The molecule has 6 heteroatoms. The summed E-state index contributed by atoms with van der Waals surface area (Å²) in [5.41, 5.74) is 0. The highest BCUT2D eigenvalue weighted by atomic mass is 16.6. The van der Waals surface area contributed by atoms with E-state index in [1.54, 1.807) is 0 Å². The van der Waals surface area contributed by atoms with Gasteiger partial charge in [0.1, 0.15) is 0 Å². The second kappa shape index (κ2) is 2.51. The van der Waals surface area contributed by atoms with E-state index in [1.165, 1.54) is 0 Å². The molecule has 10 heavy (non-hydrogen) atoms. The molecule has 1 fully saturated rings. The van der Waals surface area contributed by atoms with Crippen LogP contribution in [0.3, 0.4) is 0 Å². The molecule has 0 atom stereocenters. The van der Waals surface area contributed by atoms with Gasteiger partial charge in [-0.3, -0.25) is 4.79 Å². The zero-order valence-electron chi connectivity index (χ0n) is 5.23. The first kappa shape index (κ1) is 6.79. The Morgan fingerprint density at radius 1 is 1.80 bits per heavy atom. The molecule has 0 aromatic heterocycles. The van der Waals surface area contributed by atoms with Gasteiger partial charge in [-0.05, 0) is 6.42 Å². The van der Waals surface area contributed by atoms with Gasteiger partial charge in [-0.25, -0.2) is 0 Å². The fraction of sp³-hybridized carbons (Fsp3) is 0.750. The standard InChI is InChI=1S/C4H7N3O3/c8-4-2-1-3-6(4)7(10)5-9/h9H,1-3H2. The summed E-state index contributed by atoms with van der Waals surface area (Å²) in [6, 6.07) is 0.